The van der Waals surface area contributed by atoms with Crippen LogP contribution in [0.3, 0.4) is 0 Å². The minimum absolute atomic E-state index is 0.0465. The first-order valence-corrected chi connectivity index (χ1v) is 18.6. The maximum Gasteiger partial charge on any atom is 0.275 e. The fourth-order valence-corrected chi connectivity index (χ4v) is 8.49. The van der Waals surface area contributed by atoms with Gasteiger partial charge in [0.2, 0.25) is 0 Å². The summed E-state index contributed by atoms with van der Waals surface area (Å²) in [5.74, 6) is 1.38. The maximum atomic E-state index is 15.2. The number of hydrogen-bond donors (Lipinski definition) is 0. The Morgan fingerprint density at radius 1 is 0.925 bits per heavy atom. The number of aromatic nitrogens is 7. The van der Waals surface area contributed by atoms with E-state index in [9.17, 15) is 0 Å². The van der Waals surface area contributed by atoms with Gasteiger partial charge in [-0.15, -0.1) is 0 Å². The smallest absolute Gasteiger partial charge is 0.275 e. The number of anilines is 1. The number of benzene rings is 3. The van der Waals surface area contributed by atoms with E-state index in [0.717, 1.165) is 83.0 Å². The van der Waals surface area contributed by atoms with E-state index < -0.39 is 0 Å². The molecule has 1 amide bonds. The van der Waals surface area contributed by atoms with E-state index in [4.69, 9.17) is 33.0 Å². The van der Waals surface area contributed by atoms with Gasteiger partial charge in [-0.2, -0.15) is 10.2 Å². The van der Waals surface area contributed by atoms with E-state index in [1.807, 2.05) is 75.8 Å². The summed E-state index contributed by atoms with van der Waals surface area (Å²) in [6.45, 7) is 11.2. The van der Waals surface area contributed by atoms with Crippen molar-refractivity contribution in [2.24, 2.45) is 21.1 Å². The number of halogens is 2. The summed E-state index contributed by atoms with van der Waals surface area (Å²) in [6, 6.07) is 14.1. The number of rotatable bonds is 8. The first kappa shape index (κ1) is 35.0. The number of aryl methyl sites for hydroxylation is 7. The molecule has 0 radical (unpaired) electrons. The Kier molecular flexibility index (Phi) is 8.65. The highest BCUT2D eigenvalue weighted by Crippen LogP contribution is 2.46. The van der Waals surface area contributed by atoms with Crippen molar-refractivity contribution in [1.82, 2.24) is 33.7 Å². The third kappa shape index (κ3) is 5.70. The van der Waals surface area contributed by atoms with Crippen molar-refractivity contribution in [2.75, 3.05) is 18.1 Å². The van der Waals surface area contributed by atoms with Gasteiger partial charge in [-0.1, -0.05) is 29.3 Å². The highest BCUT2D eigenvalue weighted by Gasteiger charge is 2.37. The molecule has 3 aromatic carbocycles. The molecular formula is C41H42Cl2N8O2. The first-order chi connectivity index (χ1) is 25.3. The lowest BCUT2D eigenvalue weighted by molar-refractivity contribution is 0.0957. The average molecular weight is 750 g/mol. The van der Waals surface area contributed by atoms with Crippen LogP contribution >= 0.6 is 23.2 Å². The lowest BCUT2D eigenvalue weighted by Crippen LogP contribution is -2.42. The zero-order valence-corrected chi connectivity index (χ0v) is 32.8. The van der Waals surface area contributed by atoms with Gasteiger partial charge in [-0.25, -0.2) is 4.98 Å². The normalized spacial score (nSPS) is 14.6. The van der Waals surface area contributed by atoms with E-state index in [1.54, 1.807) is 11.0 Å². The molecule has 272 valence electrons. The number of carbonyl (C=O) groups is 1. The average Bonchev–Trinajstić information content (AvgIpc) is 3.86. The fourth-order valence-electron chi connectivity index (χ4n) is 8.13. The summed E-state index contributed by atoms with van der Waals surface area (Å²) in [5.41, 5.74) is 11.2. The summed E-state index contributed by atoms with van der Waals surface area (Å²) in [4.78, 5) is 21.6. The van der Waals surface area contributed by atoms with Crippen LogP contribution in [0.25, 0.3) is 44.3 Å². The maximum absolute atomic E-state index is 15.2. The van der Waals surface area contributed by atoms with Crippen LogP contribution in [0.1, 0.15) is 58.0 Å². The largest absolute Gasteiger partial charge is 0.494 e. The Hall–Kier alpha value is -5.06. The molecular weight excluding hydrogens is 707 g/mol. The second-order valence-corrected chi connectivity index (χ2v) is 15.2. The van der Waals surface area contributed by atoms with Crippen molar-refractivity contribution < 1.29 is 9.53 Å². The lowest BCUT2D eigenvalue weighted by atomic mass is 9.98. The molecule has 0 aliphatic carbocycles. The van der Waals surface area contributed by atoms with Crippen LogP contribution in [0.5, 0.6) is 5.75 Å². The molecule has 5 heterocycles. The molecule has 7 aromatic rings. The number of ether oxygens (including phenoxy) is 1. The van der Waals surface area contributed by atoms with E-state index >= 15 is 4.79 Å². The van der Waals surface area contributed by atoms with E-state index in [1.165, 1.54) is 0 Å². The molecule has 0 N–H and O–H groups in total. The van der Waals surface area contributed by atoms with Crippen molar-refractivity contribution in [1.29, 1.82) is 0 Å². The van der Waals surface area contributed by atoms with Gasteiger partial charge in [0.15, 0.2) is 5.82 Å². The third-order valence-corrected chi connectivity index (χ3v) is 11.6. The Morgan fingerprint density at radius 2 is 1.68 bits per heavy atom. The Labute approximate surface area is 318 Å². The van der Waals surface area contributed by atoms with Gasteiger partial charge >= 0.3 is 0 Å². The van der Waals surface area contributed by atoms with Crippen molar-refractivity contribution in [2.45, 2.75) is 53.5 Å². The minimum Gasteiger partial charge on any atom is -0.494 e. The number of nitrogens with zero attached hydrogens (tertiary/aromatic N) is 8. The molecule has 0 saturated heterocycles. The number of fused-ring (bicyclic) bond motifs is 4. The summed E-state index contributed by atoms with van der Waals surface area (Å²) in [7, 11) is 5.82. The van der Waals surface area contributed by atoms with Crippen LogP contribution in [0.4, 0.5) is 5.69 Å². The predicted molar refractivity (Wildman–Crippen MR) is 213 cm³/mol. The lowest BCUT2D eigenvalue weighted by Gasteiger charge is -2.34. The monoisotopic (exact) mass is 748 g/mol. The SMILES string of the molecule is Cc1cc(OCCCc2c3n(c4c(-c5c(C)nn(C)c5C)c(Cl)ccc24)C(C)CN(c2cn(C)c4ccc(-c5ncn(C)n5)cc24)C3=O)cc(C)c1Cl. The second kappa shape index (κ2) is 13.1. The summed E-state index contributed by atoms with van der Waals surface area (Å²) in [6.07, 6.45) is 5.08. The molecule has 0 saturated carbocycles. The van der Waals surface area contributed by atoms with Gasteiger partial charge in [0, 0.05) is 83.6 Å². The fraction of sp³-hybridized carbons (Fsp3) is 0.317. The van der Waals surface area contributed by atoms with E-state index in [2.05, 4.69) is 57.5 Å². The Morgan fingerprint density at radius 3 is 2.36 bits per heavy atom. The van der Waals surface area contributed by atoms with Crippen molar-refractivity contribution in [3.63, 3.8) is 0 Å². The van der Waals surface area contributed by atoms with Gasteiger partial charge < -0.3 is 18.8 Å². The molecule has 8 rings (SSSR count). The van der Waals surface area contributed by atoms with Gasteiger partial charge in [0.1, 0.15) is 17.8 Å². The molecule has 1 aliphatic heterocycles. The van der Waals surface area contributed by atoms with Crippen LogP contribution in [-0.4, -0.2) is 52.7 Å². The molecule has 0 fully saturated rings. The van der Waals surface area contributed by atoms with Crippen LogP contribution in [0.2, 0.25) is 10.0 Å². The zero-order chi connectivity index (χ0) is 37.5. The van der Waals surface area contributed by atoms with Gasteiger partial charge in [0.05, 0.1) is 28.5 Å². The molecule has 12 heteroatoms. The third-order valence-electron chi connectivity index (χ3n) is 10.7. The van der Waals surface area contributed by atoms with Crippen LogP contribution in [0, 0.1) is 27.7 Å². The van der Waals surface area contributed by atoms with Crippen molar-refractivity contribution in [3.05, 3.63) is 98.8 Å². The summed E-state index contributed by atoms with van der Waals surface area (Å²) >= 11 is 13.6. The van der Waals surface area contributed by atoms with E-state index in [-0.39, 0.29) is 11.9 Å². The molecule has 0 spiro atoms. The highest BCUT2D eigenvalue weighted by atomic mass is 35.5. The molecule has 4 aromatic heterocycles. The highest BCUT2D eigenvalue weighted by molar-refractivity contribution is 6.35. The predicted octanol–water partition coefficient (Wildman–Crippen LogP) is 9.10. The molecule has 10 nitrogen and oxygen atoms in total. The van der Waals surface area contributed by atoms with Crippen LogP contribution in [0.15, 0.2) is 55.0 Å². The quantitative estimate of drug-likeness (QED) is 0.145. The zero-order valence-electron chi connectivity index (χ0n) is 31.3. The Bertz CT molecular complexity index is 2580. The van der Waals surface area contributed by atoms with Gasteiger partial charge in [-0.05, 0) is 101 Å². The van der Waals surface area contributed by atoms with Crippen molar-refractivity contribution >= 4 is 56.6 Å². The van der Waals surface area contributed by atoms with Gasteiger partial charge in [-0.3, -0.25) is 14.2 Å². The van der Waals surface area contributed by atoms with Crippen molar-refractivity contribution in [3.8, 4) is 28.3 Å². The van der Waals surface area contributed by atoms with Crippen LogP contribution < -0.4 is 9.64 Å². The molecule has 1 unspecified atom stereocenters. The molecule has 1 atom stereocenters. The topological polar surface area (TPSA) is 87.9 Å². The minimum atomic E-state index is -0.0689. The first-order valence-electron chi connectivity index (χ1n) is 17.9. The van der Waals surface area contributed by atoms with E-state index in [0.29, 0.717) is 42.5 Å². The molecule has 53 heavy (non-hydrogen) atoms. The summed E-state index contributed by atoms with van der Waals surface area (Å²) in [5, 5.41) is 12.7. The van der Waals surface area contributed by atoms with Gasteiger partial charge in [0.25, 0.3) is 5.91 Å². The molecule has 1 aliphatic rings. The molecule has 0 bridgehead atoms. The number of carbonyl (C=O) groups excluding carboxylic acids is 1. The number of amides is 1. The number of hydrogen-bond acceptors (Lipinski definition) is 5. The Balaban J connectivity index is 1.26. The second-order valence-electron chi connectivity index (χ2n) is 14.4. The summed E-state index contributed by atoms with van der Waals surface area (Å²) < 4.78 is 14.2. The standard InChI is InChI=1S/C41H42Cl2N8O2/c1-22-16-28(17-23(2)37(22)43)53-15-9-10-29-30-12-13-32(42)36(35-25(4)45-49(8)26(35)5)38(30)51-24(3)19-50(41(52)39(29)51)34-20-47(6)33-14-11-27(18-31(33)34)40-44-21-48(7)46-40/h11-14,16-18,20-21,24H,9-10,15,19H2,1-8H3. The van der Waals surface area contributed by atoms with Crippen LogP contribution in [-0.2, 0) is 27.6 Å².